The Kier molecular flexibility index (Phi) is 3.15. The van der Waals surface area contributed by atoms with Gasteiger partial charge in [0.2, 0.25) is 0 Å². The third-order valence-corrected chi connectivity index (χ3v) is 2.58. The first-order valence-corrected chi connectivity index (χ1v) is 5.58. The van der Waals surface area contributed by atoms with Gasteiger partial charge in [-0.1, -0.05) is 32.0 Å². The van der Waals surface area contributed by atoms with Crippen molar-refractivity contribution in [2.24, 2.45) is 0 Å². The van der Waals surface area contributed by atoms with Crippen LogP contribution in [0.4, 0.5) is 6.01 Å². The van der Waals surface area contributed by atoms with E-state index in [2.05, 4.69) is 4.98 Å². The maximum absolute atomic E-state index is 9.12. The molecule has 0 atom stereocenters. The van der Waals surface area contributed by atoms with Crippen molar-refractivity contribution in [1.82, 2.24) is 4.98 Å². The van der Waals surface area contributed by atoms with Crippen LogP contribution in [0.2, 0.25) is 0 Å². The molecule has 2 rings (SSSR count). The number of anilines is 1. The van der Waals surface area contributed by atoms with Crippen LogP contribution in [0.3, 0.4) is 0 Å². The van der Waals surface area contributed by atoms with Crippen molar-refractivity contribution in [2.75, 3.05) is 5.73 Å². The SMILES string of the molecule is CC(C)c1oc(N)nc1-c1cccc(CO)c1. The van der Waals surface area contributed by atoms with E-state index >= 15 is 0 Å². The van der Waals surface area contributed by atoms with Gasteiger partial charge in [-0.25, -0.2) is 0 Å². The van der Waals surface area contributed by atoms with Gasteiger partial charge in [0.05, 0.1) is 6.61 Å². The van der Waals surface area contributed by atoms with Crippen LogP contribution in [0.1, 0.15) is 31.1 Å². The fraction of sp³-hybridized carbons (Fsp3) is 0.308. The number of benzene rings is 1. The van der Waals surface area contributed by atoms with Crippen LogP contribution in [-0.4, -0.2) is 10.1 Å². The van der Waals surface area contributed by atoms with Crippen molar-refractivity contribution in [2.45, 2.75) is 26.4 Å². The molecule has 0 aliphatic rings. The number of rotatable bonds is 3. The van der Waals surface area contributed by atoms with Gasteiger partial charge in [-0.05, 0) is 11.6 Å². The maximum atomic E-state index is 9.12. The number of hydrogen-bond donors (Lipinski definition) is 2. The molecular formula is C13H16N2O2. The minimum atomic E-state index is 0.0121. The first-order chi connectivity index (χ1) is 8.11. The molecule has 4 heteroatoms. The van der Waals surface area contributed by atoms with Gasteiger partial charge in [-0.15, -0.1) is 0 Å². The van der Waals surface area contributed by atoms with Crippen LogP contribution in [0.15, 0.2) is 28.7 Å². The molecule has 0 fully saturated rings. The summed E-state index contributed by atoms with van der Waals surface area (Å²) in [5.41, 5.74) is 8.12. The molecule has 0 aliphatic carbocycles. The zero-order valence-corrected chi connectivity index (χ0v) is 9.97. The summed E-state index contributed by atoms with van der Waals surface area (Å²) in [6, 6.07) is 7.75. The highest BCUT2D eigenvalue weighted by molar-refractivity contribution is 5.63. The highest BCUT2D eigenvalue weighted by Gasteiger charge is 2.16. The number of nitrogen functional groups attached to an aromatic ring is 1. The predicted octanol–water partition coefficient (Wildman–Crippen LogP) is 2.54. The molecule has 0 saturated heterocycles. The van der Waals surface area contributed by atoms with Crippen LogP contribution in [0, 0.1) is 0 Å². The van der Waals surface area contributed by atoms with Crippen LogP contribution in [0.5, 0.6) is 0 Å². The molecule has 0 bridgehead atoms. The summed E-state index contributed by atoms with van der Waals surface area (Å²) >= 11 is 0. The highest BCUT2D eigenvalue weighted by atomic mass is 16.4. The van der Waals surface area contributed by atoms with Crippen LogP contribution >= 0.6 is 0 Å². The van der Waals surface area contributed by atoms with E-state index in [1.54, 1.807) is 0 Å². The molecule has 0 amide bonds. The Balaban J connectivity index is 2.51. The van der Waals surface area contributed by atoms with E-state index in [4.69, 9.17) is 15.3 Å². The smallest absolute Gasteiger partial charge is 0.292 e. The van der Waals surface area contributed by atoms with Gasteiger partial charge >= 0.3 is 0 Å². The largest absolute Gasteiger partial charge is 0.428 e. The lowest BCUT2D eigenvalue weighted by molar-refractivity contribution is 0.282. The molecule has 0 spiro atoms. The summed E-state index contributed by atoms with van der Waals surface area (Å²) in [7, 11) is 0. The van der Waals surface area contributed by atoms with E-state index in [0.717, 1.165) is 22.6 Å². The summed E-state index contributed by atoms with van der Waals surface area (Å²) in [4.78, 5) is 4.21. The minimum absolute atomic E-state index is 0.0121. The van der Waals surface area contributed by atoms with Gasteiger partial charge in [-0.2, -0.15) is 4.98 Å². The monoisotopic (exact) mass is 232 g/mol. The Labute approximate surface area is 100 Å². The summed E-state index contributed by atoms with van der Waals surface area (Å²) in [6.07, 6.45) is 0. The molecule has 17 heavy (non-hydrogen) atoms. The van der Waals surface area contributed by atoms with E-state index in [0.29, 0.717) is 0 Å². The molecule has 0 aliphatic heterocycles. The number of hydrogen-bond acceptors (Lipinski definition) is 4. The Morgan fingerprint density at radius 3 is 2.82 bits per heavy atom. The molecule has 2 aromatic rings. The van der Waals surface area contributed by atoms with Gasteiger partial charge < -0.3 is 15.3 Å². The minimum Gasteiger partial charge on any atom is -0.428 e. The third kappa shape index (κ3) is 2.31. The van der Waals surface area contributed by atoms with Crippen molar-refractivity contribution < 1.29 is 9.52 Å². The van der Waals surface area contributed by atoms with E-state index in [1.807, 2.05) is 38.1 Å². The maximum Gasteiger partial charge on any atom is 0.292 e. The number of nitrogens with zero attached hydrogens (tertiary/aromatic N) is 1. The summed E-state index contributed by atoms with van der Waals surface area (Å²) in [5, 5.41) is 9.12. The van der Waals surface area contributed by atoms with Crippen molar-refractivity contribution in [3.8, 4) is 11.3 Å². The van der Waals surface area contributed by atoms with Gasteiger partial charge in [0.1, 0.15) is 11.5 Å². The summed E-state index contributed by atoms with van der Waals surface area (Å²) < 4.78 is 5.41. The lowest BCUT2D eigenvalue weighted by Crippen LogP contribution is -1.90. The Bertz CT molecular complexity index is 518. The number of oxazole rings is 1. The molecule has 90 valence electrons. The lowest BCUT2D eigenvalue weighted by Gasteiger charge is -2.05. The predicted molar refractivity (Wildman–Crippen MR) is 66.4 cm³/mol. The van der Waals surface area contributed by atoms with Crippen molar-refractivity contribution >= 4 is 6.01 Å². The van der Waals surface area contributed by atoms with Gasteiger partial charge in [0.15, 0.2) is 0 Å². The molecule has 3 N–H and O–H groups in total. The highest BCUT2D eigenvalue weighted by Crippen LogP contribution is 2.30. The fourth-order valence-corrected chi connectivity index (χ4v) is 1.76. The molecule has 0 radical (unpaired) electrons. The van der Waals surface area contributed by atoms with Gasteiger partial charge in [-0.3, -0.25) is 0 Å². The lowest BCUT2D eigenvalue weighted by atomic mass is 10.0. The molecule has 1 heterocycles. The fourth-order valence-electron chi connectivity index (χ4n) is 1.76. The first-order valence-electron chi connectivity index (χ1n) is 5.58. The van der Waals surface area contributed by atoms with E-state index in [9.17, 15) is 0 Å². The average Bonchev–Trinajstić information content (AvgIpc) is 2.72. The molecule has 1 aromatic heterocycles. The third-order valence-electron chi connectivity index (χ3n) is 2.58. The number of aliphatic hydroxyl groups excluding tert-OH is 1. The van der Waals surface area contributed by atoms with E-state index in [-0.39, 0.29) is 18.5 Å². The zero-order chi connectivity index (χ0) is 12.4. The first kappa shape index (κ1) is 11.7. The Morgan fingerprint density at radius 2 is 2.18 bits per heavy atom. The van der Waals surface area contributed by atoms with Crippen molar-refractivity contribution in [1.29, 1.82) is 0 Å². The van der Waals surface area contributed by atoms with Crippen molar-refractivity contribution in [3.05, 3.63) is 35.6 Å². The second-order valence-corrected chi connectivity index (χ2v) is 4.28. The van der Waals surface area contributed by atoms with Crippen LogP contribution in [-0.2, 0) is 6.61 Å². The summed E-state index contributed by atoms with van der Waals surface area (Å²) in [6.45, 7) is 4.07. The molecule has 0 unspecified atom stereocenters. The quantitative estimate of drug-likeness (QED) is 0.853. The Morgan fingerprint density at radius 1 is 1.41 bits per heavy atom. The van der Waals surface area contributed by atoms with Gasteiger partial charge in [0, 0.05) is 11.5 Å². The summed E-state index contributed by atoms with van der Waals surface area (Å²) in [5.74, 6) is 0.991. The van der Waals surface area contributed by atoms with Crippen LogP contribution in [0.25, 0.3) is 11.3 Å². The van der Waals surface area contributed by atoms with E-state index in [1.165, 1.54) is 0 Å². The molecule has 0 saturated carbocycles. The normalized spacial score (nSPS) is 11.1. The van der Waals surface area contributed by atoms with Crippen molar-refractivity contribution in [3.63, 3.8) is 0 Å². The Hall–Kier alpha value is -1.81. The van der Waals surface area contributed by atoms with Gasteiger partial charge in [0.25, 0.3) is 6.01 Å². The second kappa shape index (κ2) is 4.59. The number of aliphatic hydroxyl groups is 1. The number of aromatic nitrogens is 1. The topological polar surface area (TPSA) is 72.3 Å². The molecule has 1 aromatic carbocycles. The van der Waals surface area contributed by atoms with Crippen LogP contribution < -0.4 is 5.73 Å². The number of nitrogens with two attached hydrogens (primary N) is 1. The standard InChI is InChI=1S/C13H16N2O2/c1-8(2)12-11(15-13(14)17-12)10-5-3-4-9(6-10)7-16/h3-6,8,16H,7H2,1-2H3,(H2,14,15). The second-order valence-electron chi connectivity index (χ2n) is 4.28. The van der Waals surface area contributed by atoms with E-state index < -0.39 is 0 Å². The average molecular weight is 232 g/mol. The zero-order valence-electron chi connectivity index (χ0n) is 9.97. The molecule has 4 nitrogen and oxygen atoms in total. The molecular weight excluding hydrogens is 216 g/mol.